The summed E-state index contributed by atoms with van der Waals surface area (Å²) in [6.07, 6.45) is 1.92. The normalized spacial score (nSPS) is 19.6. The van der Waals surface area contributed by atoms with Crippen molar-refractivity contribution in [2.75, 3.05) is 25.9 Å². The van der Waals surface area contributed by atoms with E-state index in [0.717, 1.165) is 12.0 Å². The molecular weight excluding hydrogens is 292 g/mol. The Hall–Kier alpha value is -1.60. The maximum Gasteiger partial charge on any atom is 0.255 e. The molecule has 1 saturated heterocycles. The van der Waals surface area contributed by atoms with Crippen molar-refractivity contribution in [1.29, 1.82) is 0 Å². The SMILES string of the molecule is Cc1ccc(C(=O)NCC2CCN(S(C)(=O)=O)C2)c(O)c1. The fourth-order valence-corrected chi connectivity index (χ4v) is 3.35. The number of carbonyl (C=O) groups is 1. The number of phenols is 1. The van der Waals surface area contributed by atoms with Gasteiger partial charge < -0.3 is 10.4 Å². The number of nitrogens with zero attached hydrogens (tertiary/aromatic N) is 1. The first-order valence-electron chi connectivity index (χ1n) is 6.80. The lowest BCUT2D eigenvalue weighted by Gasteiger charge is -2.14. The van der Waals surface area contributed by atoms with Crippen LogP contribution in [0.1, 0.15) is 22.3 Å². The lowest BCUT2D eigenvalue weighted by atomic mass is 10.1. The summed E-state index contributed by atoms with van der Waals surface area (Å²) in [7, 11) is -3.16. The van der Waals surface area contributed by atoms with Crippen molar-refractivity contribution in [1.82, 2.24) is 9.62 Å². The second-order valence-electron chi connectivity index (χ2n) is 5.51. The van der Waals surface area contributed by atoms with Crippen molar-refractivity contribution >= 4 is 15.9 Å². The van der Waals surface area contributed by atoms with E-state index in [1.165, 1.54) is 16.6 Å². The molecule has 7 heteroatoms. The Morgan fingerprint density at radius 1 is 1.48 bits per heavy atom. The van der Waals surface area contributed by atoms with Gasteiger partial charge in [0.2, 0.25) is 10.0 Å². The van der Waals surface area contributed by atoms with Gasteiger partial charge in [-0.15, -0.1) is 0 Å². The van der Waals surface area contributed by atoms with Gasteiger partial charge in [0.1, 0.15) is 5.75 Å². The number of hydrogen-bond donors (Lipinski definition) is 2. The molecule has 1 aromatic rings. The molecule has 6 nitrogen and oxygen atoms in total. The molecule has 2 rings (SSSR count). The number of aryl methyl sites for hydroxylation is 1. The molecule has 1 amide bonds. The minimum Gasteiger partial charge on any atom is -0.507 e. The van der Waals surface area contributed by atoms with E-state index in [9.17, 15) is 18.3 Å². The quantitative estimate of drug-likeness (QED) is 0.857. The highest BCUT2D eigenvalue weighted by Gasteiger charge is 2.28. The van der Waals surface area contributed by atoms with Crippen LogP contribution in [0, 0.1) is 12.8 Å². The molecule has 116 valence electrons. The third kappa shape index (κ3) is 3.95. The first kappa shape index (κ1) is 15.8. The van der Waals surface area contributed by atoms with Crippen LogP contribution in [0.5, 0.6) is 5.75 Å². The number of aromatic hydroxyl groups is 1. The maximum absolute atomic E-state index is 12.0. The lowest BCUT2D eigenvalue weighted by molar-refractivity contribution is 0.0945. The Morgan fingerprint density at radius 2 is 2.19 bits per heavy atom. The van der Waals surface area contributed by atoms with Gasteiger partial charge >= 0.3 is 0 Å². The predicted molar refractivity (Wildman–Crippen MR) is 79.7 cm³/mol. The van der Waals surface area contributed by atoms with E-state index in [1.54, 1.807) is 12.1 Å². The van der Waals surface area contributed by atoms with Crippen molar-refractivity contribution in [2.45, 2.75) is 13.3 Å². The molecule has 1 aliphatic heterocycles. The van der Waals surface area contributed by atoms with Crippen LogP contribution >= 0.6 is 0 Å². The summed E-state index contributed by atoms with van der Waals surface area (Å²) in [5.41, 5.74) is 1.11. The number of carbonyl (C=O) groups excluding carboxylic acids is 1. The molecule has 0 aromatic heterocycles. The first-order valence-corrected chi connectivity index (χ1v) is 8.65. The lowest BCUT2D eigenvalue weighted by Crippen LogP contribution is -2.32. The number of rotatable bonds is 4. The molecule has 1 heterocycles. The van der Waals surface area contributed by atoms with Gasteiger partial charge in [0, 0.05) is 19.6 Å². The summed E-state index contributed by atoms with van der Waals surface area (Å²) in [4.78, 5) is 12.0. The van der Waals surface area contributed by atoms with Gasteiger partial charge in [-0.05, 0) is 37.0 Å². The second kappa shape index (κ2) is 6.03. The Labute approximate surface area is 124 Å². The van der Waals surface area contributed by atoms with E-state index < -0.39 is 10.0 Å². The predicted octanol–water partition coefficient (Wildman–Crippen LogP) is 0.712. The average molecular weight is 312 g/mol. The van der Waals surface area contributed by atoms with Crippen LogP contribution in [-0.2, 0) is 10.0 Å². The molecule has 2 N–H and O–H groups in total. The highest BCUT2D eigenvalue weighted by molar-refractivity contribution is 7.88. The zero-order valence-corrected chi connectivity index (χ0v) is 13.0. The molecule has 1 fully saturated rings. The van der Waals surface area contributed by atoms with Crippen LogP contribution < -0.4 is 5.32 Å². The highest BCUT2D eigenvalue weighted by Crippen LogP contribution is 2.20. The fraction of sp³-hybridized carbons (Fsp3) is 0.500. The molecule has 0 saturated carbocycles. The maximum atomic E-state index is 12.0. The minimum absolute atomic E-state index is 0.0447. The topological polar surface area (TPSA) is 86.7 Å². The van der Waals surface area contributed by atoms with Crippen LogP contribution in [0.3, 0.4) is 0 Å². The number of sulfonamides is 1. The molecule has 0 aliphatic carbocycles. The van der Waals surface area contributed by atoms with Crippen LogP contribution in [0.2, 0.25) is 0 Å². The van der Waals surface area contributed by atoms with Gasteiger partial charge in [0.15, 0.2) is 0 Å². The van der Waals surface area contributed by atoms with Crippen LogP contribution in [0.25, 0.3) is 0 Å². The number of hydrogen-bond acceptors (Lipinski definition) is 4. The fourth-order valence-electron chi connectivity index (χ4n) is 2.43. The van der Waals surface area contributed by atoms with Crippen molar-refractivity contribution in [3.63, 3.8) is 0 Å². The smallest absolute Gasteiger partial charge is 0.255 e. The summed E-state index contributed by atoms with van der Waals surface area (Å²) >= 11 is 0. The van der Waals surface area contributed by atoms with E-state index in [-0.39, 0.29) is 23.1 Å². The van der Waals surface area contributed by atoms with Crippen LogP contribution in [0.4, 0.5) is 0 Å². The first-order chi connectivity index (χ1) is 9.77. The average Bonchev–Trinajstić information content (AvgIpc) is 2.84. The summed E-state index contributed by atoms with van der Waals surface area (Å²) in [5.74, 6) is -0.279. The standard InChI is InChI=1S/C14H20N2O4S/c1-10-3-4-12(13(17)7-10)14(18)15-8-11-5-6-16(9-11)21(2,19)20/h3-4,7,11,17H,5-6,8-9H2,1-2H3,(H,15,18). The monoisotopic (exact) mass is 312 g/mol. The molecule has 0 spiro atoms. The van der Waals surface area contributed by atoms with Crippen molar-refractivity contribution in [3.8, 4) is 5.75 Å². The van der Waals surface area contributed by atoms with Crippen LogP contribution in [-0.4, -0.2) is 49.6 Å². The molecule has 1 unspecified atom stereocenters. The largest absolute Gasteiger partial charge is 0.507 e. The number of phenolic OH excluding ortho intramolecular Hbond substituents is 1. The third-order valence-corrected chi connectivity index (χ3v) is 4.94. The summed E-state index contributed by atoms with van der Waals surface area (Å²) in [6.45, 7) is 3.16. The van der Waals surface area contributed by atoms with Gasteiger partial charge in [0.05, 0.1) is 11.8 Å². The van der Waals surface area contributed by atoms with E-state index in [2.05, 4.69) is 5.32 Å². The van der Waals surface area contributed by atoms with Gasteiger partial charge in [0.25, 0.3) is 5.91 Å². The van der Waals surface area contributed by atoms with E-state index in [0.29, 0.717) is 19.6 Å². The van der Waals surface area contributed by atoms with E-state index >= 15 is 0 Å². The Morgan fingerprint density at radius 3 is 2.76 bits per heavy atom. The van der Waals surface area contributed by atoms with Crippen molar-refractivity contribution in [2.24, 2.45) is 5.92 Å². The molecule has 0 bridgehead atoms. The molecule has 21 heavy (non-hydrogen) atoms. The Balaban J connectivity index is 1.91. The zero-order valence-electron chi connectivity index (χ0n) is 12.2. The van der Waals surface area contributed by atoms with Gasteiger partial charge in [-0.3, -0.25) is 4.79 Å². The van der Waals surface area contributed by atoms with Crippen molar-refractivity contribution < 1.29 is 18.3 Å². The molecule has 1 atom stereocenters. The van der Waals surface area contributed by atoms with E-state index in [1.807, 2.05) is 6.92 Å². The highest BCUT2D eigenvalue weighted by atomic mass is 32.2. The molecular formula is C14H20N2O4S. The summed E-state index contributed by atoms with van der Waals surface area (Å²) < 4.78 is 24.3. The van der Waals surface area contributed by atoms with Crippen LogP contribution in [0.15, 0.2) is 18.2 Å². The van der Waals surface area contributed by atoms with E-state index in [4.69, 9.17) is 0 Å². The van der Waals surface area contributed by atoms with Gasteiger partial charge in [-0.1, -0.05) is 6.07 Å². The molecule has 1 aromatic carbocycles. The number of amides is 1. The Kier molecular flexibility index (Phi) is 4.53. The third-order valence-electron chi connectivity index (χ3n) is 3.67. The van der Waals surface area contributed by atoms with Gasteiger partial charge in [-0.2, -0.15) is 0 Å². The Bertz CT molecular complexity index is 642. The second-order valence-corrected chi connectivity index (χ2v) is 7.49. The summed E-state index contributed by atoms with van der Waals surface area (Å²) in [6, 6.07) is 4.88. The molecule has 1 aliphatic rings. The molecule has 0 radical (unpaired) electrons. The minimum atomic E-state index is -3.16. The summed E-state index contributed by atoms with van der Waals surface area (Å²) in [5, 5.41) is 12.5. The number of nitrogens with one attached hydrogen (secondary N) is 1. The van der Waals surface area contributed by atoms with Crippen molar-refractivity contribution in [3.05, 3.63) is 29.3 Å². The van der Waals surface area contributed by atoms with Gasteiger partial charge in [-0.25, -0.2) is 12.7 Å². The zero-order chi connectivity index (χ0) is 15.6. The number of benzene rings is 1.